The van der Waals surface area contributed by atoms with E-state index in [-0.39, 0.29) is 12.3 Å². The Bertz CT molecular complexity index is 578. The van der Waals surface area contributed by atoms with E-state index in [1.165, 1.54) is 6.08 Å². The molecule has 0 radical (unpaired) electrons. The van der Waals surface area contributed by atoms with Gasteiger partial charge in [-0.05, 0) is 18.2 Å². The number of amides is 1. The molecular weight excluding hydrogens is 331 g/mol. The number of fused-ring (bicyclic) bond motifs is 1. The van der Waals surface area contributed by atoms with E-state index in [4.69, 9.17) is 9.47 Å². The molecular formula is C15H16F3NO3S. The van der Waals surface area contributed by atoms with Crippen molar-refractivity contribution in [2.75, 3.05) is 32.1 Å². The van der Waals surface area contributed by atoms with Crippen molar-refractivity contribution in [1.82, 2.24) is 4.90 Å². The van der Waals surface area contributed by atoms with Crippen LogP contribution in [0.5, 0.6) is 11.5 Å². The van der Waals surface area contributed by atoms with E-state index in [0.29, 0.717) is 24.7 Å². The van der Waals surface area contributed by atoms with Crippen molar-refractivity contribution in [2.24, 2.45) is 0 Å². The Labute approximate surface area is 136 Å². The van der Waals surface area contributed by atoms with E-state index in [9.17, 15) is 18.0 Å². The Morgan fingerprint density at radius 2 is 2.00 bits per heavy atom. The second-order valence-corrected chi connectivity index (χ2v) is 5.82. The van der Waals surface area contributed by atoms with Crippen molar-refractivity contribution in [3.8, 4) is 11.5 Å². The van der Waals surface area contributed by atoms with Crippen molar-refractivity contribution in [3.05, 3.63) is 30.9 Å². The van der Waals surface area contributed by atoms with Crippen LogP contribution in [0.3, 0.4) is 0 Å². The van der Waals surface area contributed by atoms with E-state index in [0.717, 1.165) is 21.6 Å². The van der Waals surface area contributed by atoms with Gasteiger partial charge in [0.05, 0.1) is 5.75 Å². The quantitative estimate of drug-likeness (QED) is 0.585. The monoisotopic (exact) mass is 347 g/mol. The third kappa shape index (κ3) is 5.38. The molecule has 1 aliphatic rings. The Balaban J connectivity index is 1.95. The number of carbonyl (C=O) groups excluding carboxylic acids is 1. The molecule has 0 unspecified atom stereocenters. The van der Waals surface area contributed by atoms with Crippen LogP contribution in [-0.4, -0.2) is 49.0 Å². The molecule has 0 fully saturated rings. The van der Waals surface area contributed by atoms with Gasteiger partial charge in [-0.25, -0.2) is 0 Å². The largest absolute Gasteiger partial charge is 0.486 e. The first-order valence-electron chi connectivity index (χ1n) is 6.87. The van der Waals surface area contributed by atoms with Crippen LogP contribution in [0.15, 0.2) is 35.7 Å². The maximum atomic E-state index is 12.5. The van der Waals surface area contributed by atoms with Gasteiger partial charge in [-0.15, -0.1) is 18.3 Å². The number of alkyl halides is 3. The lowest BCUT2D eigenvalue weighted by Crippen LogP contribution is -2.40. The summed E-state index contributed by atoms with van der Waals surface area (Å²) < 4.78 is 48.2. The number of rotatable bonds is 6. The van der Waals surface area contributed by atoms with Gasteiger partial charge in [0, 0.05) is 11.4 Å². The number of nitrogens with zero attached hydrogens (tertiary/aromatic N) is 1. The minimum atomic E-state index is -4.43. The van der Waals surface area contributed by atoms with Crippen LogP contribution in [0, 0.1) is 0 Å². The Morgan fingerprint density at radius 3 is 2.65 bits per heavy atom. The molecule has 0 aromatic heterocycles. The van der Waals surface area contributed by atoms with E-state index in [2.05, 4.69) is 6.58 Å². The highest BCUT2D eigenvalue weighted by atomic mass is 32.2. The van der Waals surface area contributed by atoms with Gasteiger partial charge < -0.3 is 14.4 Å². The average molecular weight is 347 g/mol. The minimum absolute atomic E-state index is 0.0937. The second kappa shape index (κ2) is 7.63. The summed E-state index contributed by atoms with van der Waals surface area (Å²) in [6.07, 6.45) is -3.15. The molecule has 23 heavy (non-hydrogen) atoms. The van der Waals surface area contributed by atoms with Gasteiger partial charge in [-0.2, -0.15) is 13.2 Å². The number of carbonyl (C=O) groups is 1. The smallest absolute Gasteiger partial charge is 0.406 e. The Hall–Kier alpha value is -1.83. The molecule has 1 aromatic carbocycles. The number of hydrogen-bond acceptors (Lipinski definition) is 4. The van der Waals surface area contributed by atoms with Crippen molar-refractivity contribution in [3.63, 3.8) is 0 Å². The van der Waals surface area contributed by atoms with Gasteiger partial charge >= 0.3 is 6.18 Å². The molecule has 2 rings (SSSR count). The Kier molecular flexibility index (Phi) is 5.81. The number of thioether (sulfide) groups is 1. The summed E-state index contributed by atoms with van der Waals surface area (Å²) >= 11 is 1.15. The van der Waals surface area contributed by atoms with Crippen molar-refractivity contribution in [1.29, 1.82) is 0 Å². The lowest BCUT2D eigenvalue weighted by atomic mass is 10.3. The number of ether oxygens (including phenoxy) is 2. The summed E-state index contributed by atoms with van der Waals surface area (Å²) in [5.41, 5.74) is 0. The molecule has 126 valence electrons. The SMILES string of the molecule is C=CCN(CC(F)(F)F)C(=O)CSc1ccc2c(c1)OCCO2. The normalized spacial score (nSPS) is 13.5. The standard InChI is InChI=1S/C15H16F3NO3S/c1-2-5-19(10-15(16,17)18)14(20)9-23-11-3-4-12-13(8-11)22-7-6-21-12/h2-4,8H,1,5-7,9-10H2. The van der Waals surface area contributed by atoms with Crippen LogP contribution in [0.1, 0.15) is 0 Å². The summed E-state index contributed by atoms with van der Waals surface area (Å²) in [6.45, 7) is 2.89. The van der Waals surface area contributed by atoms with Gasteiger partial charge in [0.2, 0.25) is 5.91 Å². The third-order valence-electron chi connectivity index (χ3n) is 2.95. The molecule has 1 amide bonds. The molecule has 1 heterocycles. The van der Waals surface area contributed by atoms with Crippen LogP contribution in [0.4, 0.5) is 13.2 Å². The molecule has 4 nitrogen and oxygen atoms in total. The average Bonchev–Trinajstić information content (AvgIpc) is 2.50. The topological polar surface area (TPSA) is 38.8 Å². The summed E-state index contributed by atoms with van der Waals surface area (Å²) in [4.78, 5) is 13.4. The van der Waals surface area contributed by atoms with Crippen LogP contribution >= 0.6 is 11.8 Å². The van der Waals surface area contributed by atoms with Crippen molar-refractivity contribution in [2.45, 2.75) is 11.1 Å². The zero-order chi connectivity index (χ0) is 16.9. The predicted octanol–water partition coefficient (Wildman–Crippen LogP) is 3.13. The summed E-state index contributed by atoms with van der Waals surface area (Å²) in [7, 11) is 0. The minimum Gasteiger partial charge on any atom is -0.486 e. The van der Waals surface area contributed by atoms with Crippen LogP contribution < -0.4 is 9.47 Å². The molecule has 0 spiro atoms. The van der Waals surface area contributed by atoms with Gasteiger partial charge in [0.25, 0.3) is 0 Å². The number of hydrogen-bond donors (Lipinski definition) is 0. The summed E-state index contributed by atoms with van der Waals surface area (Å²) in [5.74, 6) is 0.509. The number of benzene rings is 1. The first-order chi connectivity index (χ1) is 10.9. The third-order valence-corrected chi connectivity index (χ3v) is 3.93. The van der Waals surface area contributed by atoms with E-state index >= 15 is 0 Å². The van der Waals surface area contributed by atoms with E-state index in [1.807, 2.05) is 0 Å². The lowest BCUT2D eigenvalue weighted by molar-refractivity contribution is -0.158. The molecule has 0 saturated heterocycles. The molecule has 0 atom stereocenters. The van der Waals surface area contributed by atoms with Crippen LogP contribution in [-0.2, 0) is 4.79 Å². The van der Waals surface area contributed by atoms with Crippen LogP contribution in [0.25, 0.3) is 0 Å². The summed E-state index contributed by atoms with van der Waals surface area (Å²) in [5, 5.41) is 0. The highest BCUT2D eigenvalue weighted by Crippen LogP contribution is 2.34. The fraction of sp³-hybridized carbons (Fsp3) is 0.400. The van der Waals surface area contributed by atoms with Gasteiger partial charge in [-0.3, -0.25) is 4.79 Å². The predicted molar refractivity (Wildman–Crippen MR) is 81.0 cm³/mol. The molecule has 8 heteroatoms. The zero-order valence-electron chi connectivity index (χ0n) is 12.3. The maximum absolute atomic E-state index is 12.5. The molecule has 0 bridgehead atoms. The van der Waals surface area contributed by atoms with Gasteiger partial charge in [0.1, 0.15) is 19.8 Å². The molecule has 0 N–H and O–H groups in total. The molecule has 1 aromatic rings. The first-order valence-corrected chi connectivity index (χ1v) is 7.85. The van der Waals surface area contributed by atoms with Gasteiger partial charge in [-0.1, -0.05) is 6.08 Å². The molecule has 0 saturated carbocycles. The Morgan fingerprint density at radius 1 is 1.30 bits per heavy atom. The van der Waals surface area contributed by atoms with Gasteiger partial charge in [0.15, 0.2) is 11.5 Å². The molecule has 0 aliphatic carbocycles. The van der Waals surface area contributed by atoms with Crippen molar-refractivity contribution >= 4 is 17.7 Å². The maximum Gasteiger partial charge on any atom is 0.406 e. The van der Waals surface area contributed by atoms with Crippen LogP contribution in [0.2, 0.25) is 0 Å². The fourth-order valence-electron chi connectivity index (χ4n) is 1.98. The van der Waals surface area contributed by atoms with E-state index < -0.39 is 18.6 Å². The lowest BCUT2D eigenvalue weighted by Gasteiger charge is -2.22. The summed E-state index contributed by atoms with van der Waals surface area (Å²) in [6, 6.07) is 5.18. The van der Waals surface area contributed by atoms with Crippen molar-refractivity contribution < 1.29 is 27.4 Å². The zero-order valence-corrected chi connectivity index (χ0v) is 13.1. The van der Waals surface area contributed by atoms with E-state index in [1.54, 1.807) is 18.2 Å². The second-order valence-electron chi connectivity index (χ2n) is 4.77. The first kappa shape index (κ1) is 17.5. The molecule has 1 aliphatic heterocycles. The fourth-order valence-corrected chi connectivity index (χ4v) is 2.80. The number of halogens is 3. The highest BCUT2D eigenvalue weighted by molar-refractivity contribution is 8.00. The highest BCUT2D eigenvalue weighted by Gasteiger charge is 2.32.